The molecule has 1 amide bonds. The van der Waals surface area contributed by atoms with Gasteiger partial charge < -0.3 is 19.3 Å². The Morgan fingerprint density at radius 3 is 2.24 bits per heavy atom. The largest absolute Gasteiger partial charge is 0.573 e. The average molecular weight is 527 g/mol. The second kappa shape index (κ2) is 10.1. The van der Waals surface area contributed by atoms with Crippen molar-refractivity contribution in [3.05, 3.63) is 88.5 Å². The van der Waals surface area contributed by atoms with E-state index in [-0.39, 0.29) is 11.3 Å². The molecule has 4 rings (SSSR count). The fraction of sp³-hybridized carbons (Fsp3) is 0.214. The first-order valence-electron chi connectivity index (χ1n) is 11.4. The predicted octanol–water partition coefficient (Wildman–Crippen LogP) is 5.85. The Morgan fingerprint density at radius 1 is 0.895 bits per heavy atom. The molecule has 38 heavy (non-hydrogen) atoms. The van der Waals surface area contributed by atoms with Crippen LogP contribution in [0.15, 0.2) is 66.2 Å². The molecular weight excluding hydrogens is 503 g/mol. The summed E-state index contributed by atoms with van der Waals surface area (Å²) in [5, 5.41) is 11.4. The highest BCUT2D eigenvalue weighted by Crippen LogP contribution is 2.44. The first-order chi connectivity index (χ1) is 17.9. The third-order valence-electron chi connectivity index (χ3n) is 6.18. The number of hydrogen-bond acceptors (Lipinski definition) is 6. The summed E-state index contributed by atoms with van der Waals surface area (Å²) >= 11 is 0. The minimum absolute atomic E-state index is 0.0247. The maximum Gasteiger partial charge on any atom is 0.573 e. The molecule has 0 radical (unpaired) electrons. The highest BCUT2D eigenvalue weighted by molar-refractivity contribution is 6.51. The second-order valence-corrected chi connectivity index (χ2v) is 8.63. The van der Waals surface area contributed by atoms with E-state index in [4.69, 9.17) is 9.47 Å². The van der Waals surface area contributed by atoms with Crippen LogP contribution < -0.4 is 19.1 Å². The molecule has 10 heteroatoms. The number of carbonyl (C=O) groups is 2. The molecule has 1 saturated heterocycles. The number of hydrogen-bond donors (Lipinski definition) is 1. The van der Waals surface area contributed by atoms with E-state index in [2.05, 4.69) is 4.74 Å². The normalized spacial score (nSPS) is 17.0. The van der Waals surface area contributed by atoms with E-state index >= 15 is 0 Å². The fourth-order valence-corrected chi connectivity index (χ4v) is 4.47. The van der Waals surface area contributed by atoms with Crippen molar-refractivity contribution in [2.75, 3.05) is 19.1 Å². The average Bonchev–Trinajstić information content (AvgIpc) is 3.14. The van der Waals surface area contributed by atoms with Crippen molar-refractivity contribution < 1.29 is 42.1 Å². The lowest BCUT2D eigenvalue weighted by Crippen LogP contribution is -2.29. The summed E-state index contributed by atoms with van der Waals surface area (Å²) in [5.74, 6) is -2.02. The number of aliphatic hydroxyl groups is 1. The molecule has 0 aliphatic carbocycles. The number of halogens is 3. The number of amides is 1. The van der Waals surface area contributed by atoms with Crippen LogP contribution >= 0.6 is 0 Å². The Kier molecular flexibility index (Phi) is 7.08. The van der Waals surface area contributed by atoms with Crippen LogP contribution in [0.1, 0.15) is 28.3 Å². The third-order valence-corrected chi connectivity index (χ3v) is 6.18. The lowest BCUT2D eigenvalue weighted by molar-refractivity contribution is -0.274. The molecule has 0 aromatic heterocycles. The zero-order valence-electron chi connectivity index (χ0n) is 20.9. The monoisotopic (exact) mass is 527 g/mol. The van der Waals surface area contributed by atoms with Gasteiger partial charge in [-0.25, -0.2) is 0 Å². The standard InChI is InChI=1S/C28H24F3NO6/c1-15-12-22(37-4)16(2)11-21(15)25(33)23-24(17-7-5-9-19(13-17)36-3)32(27(35)26(23)34)18-8-6-10-20(14-18)38-28(29,30)31/h5-14,24,33H,1-4H3/b25-23+. The van der Waals surface area contributed by atoms with E-state index < -0.39 is 35.6 Å². The Balaban J connectivity index is 1.95. The van der Waals surface area contributed by atoms with Crippen LogP contribution in [0.2, 0.25) is 0 Å². The van der Waals surface area contributed by atoms with Crippen molar-refractivity contribution >= 4 is 23.1 Å². The minimum Gasteiger partial charge on any atom is -0.507 e. The number of aliphatic hydroxyl groups excluding tert-OH is 1. The number of anilines is 1. The van der Waals surface area contributed by atoms with Crippen molar-refractivity contribution in [2.24, 2.45) is 0 Å². The molecule has 3 aromatic carbocycles. The molecule has 0 bridgehead atoms. The summed E-state index contributed by atoms with van der Waals surface area (Å²) in [7, 11) is 2.95. The molecule has 1 unspecified atom stereocenters. The van der Waals surface area contributed by atoms with Gasteiger partial charge in [0.1, 0.15) is 23.0 Å². The quantitative estimate of drug-likeness (QED) is 0.246. The maximum atomic E-state index is 13.4. The van der Waals surface area contributed by atoms with Crippen LogP contribution in [0.3, 0.4) is 0 Å². The molecule has 1 heterocycles. The molecule has 198 valence electrons. The van der Waals surface area contributed by atoms with E-state index in [0.717, 1.165) is 17.0 Å². The predicted molar refractivity (Wildman–Crippen MR) is 133 cm³/mol. The summed E-state index contributed by atoms with van der Waals surface area (Å²) in [6.07, 6.45) is -4.96. The molecule has 0 spiro atoms. The number of benzene rings is 3. The van der Waals surface area contributed by atoms with Gasteiger partial charge in [-0.2, -0.15) is 0 Å². The number of nitrogens with zero attached hydrogens (tertiary/aromatic N) is 1. The number of ketones is 1. The van der Waals surface area contributed by atoms with Crippen LogP contribution in [-0.2, 0) is 9.59 Å². The Labute approximate surface area is 216 Å². The lowest BCUT2D eigenvalue weighted by Gasteiger charge is -2.26. The molecule has 0 saturated carbocycles. The Hall–Kier alpha value is -4.47. The van der Waals surface area contributed by atoms with Crippen molar-refractivity contribution in [1.29, 1.82) is 0 Å². The van der Waals surface area contributed by atoms with Gasteiger partial charge >= 0.3 is 6.36 Å². The van der Waals surface area contributed by atoms with Crippen LogP contribution in [-0.4, -0.2) is 37.4 Å². The molecule has 1 N–H and O–H groups in total. The van der Waals surface area contributed by atoms with Crippen LogP contribution in [0.25, 0.3) is 5.76 Å². The fourth-order valence-electron chi connectivity index (χ4n) is 4.47. The molecule has 3 aromatic rings. The Bertz CT molecular complexity index is 1450. The van der Waals surface area contributed by atoms with E-state index in [9.17, 15) is 27.9 Å². The molecule has 1 fully saturated rings. The highest BCUT2D eigenvalue weighted by atomic mass is 19.4. The van der Waals surface area contributed by atoms with Gasteiger partial charge in [-0.15, -0.1) is 13.2 Å². The van der Waals surface area contributed by atoms with Crippen molar-refractivity contribution in [1.82, 2.24) is 0 Å². The van der Waals surface area contributed by atoms with Crippen LogP contribution in [0.5, 0.6) is 17.2 Å². The topological polar surface area (TPSA) is 85.3 Å². The van der Waals surface area contributed by atoms with Crippen molar-refractivity contribution in [3.8, 4) is 17.2 Å². The maximum absolute atomic E-state index is 13.4. The van der Waals surface area contributed by atoms with Crippen molar-refractivity contribution in [3.63, 3.8) is 0 Å². The first-order valence-corrected chi connectivity index (χ1v) is 11.4. The van der Waals surface area contributed by atoms with Gasteiger partial charge in [0.05, 0.1) is 25.8 Å². The summed E-state index contributed by atoms with van der Waals surface area (Å²) in [6.45, 7) is 3.48. The smallest absolute Gasteiger partial charge is 0.507 e. The zero-order chi connectivity index (χ0) is 27.8. The van der Waals surface area contributed by atoms with Gasteiger partial charge in [-0.05, 0) is 66.9 Å². The Morgan fingerprint density at radius 2 is 1.58 bits per heavy atom. The van der Waals surface area contributed by atoms with E-state index in [1.165, 1.54) is 26.4 Å². The number of ether oxygens (including phenoxy) is 3. The lowest BCUT2D eigenvalue weighted by atomic mass is 9.93. The van der Waals surface area contributed by atoms with Gasteiger partial charge in [0.25, 0.3) is 11.7 Å². The highest BCUT2D eigenvalue weighted by Gasteiger charge is 2.47. The summed E-state index contributed by atoms with van der Waals surface area (Å²) in [6, 6.07) is 13.4. The SMILES string of the molecule is COc1cccc(C2/C(=C(\O)c3cc(C)c(OC)cc3C)C(=O)C(=O)N2c2cccc(OC(F)(F)F)c2)c1. The number of methoxy groups -OCH3 is 2. The van der Waals surface area contributed by atoms with Gasteiger partial charge in [-0.3, -0.25) is 14.5 Å². The molecule has 1 aliphatic heterocycles. The first kappa shape index (κ1) is 26.6. The van der Waals surface area contributed by atoms with Gasteiger partial charge in [-0.1, -0.05) is 18.2 Å². The van der Waals surface area contributed by atoms with E-state index in [1.54, 1.807) is 50.2 Å². The van der Waals surface area contributed by atoms with E-state index in [0.29, 0.717) is 33.8 Å². The summed E-state index contributed by atoms with van der Waals surface area (Å²) in [4.78, 5) is 27.8. The summed E-state index contributed by atoms with van der Waals surface area (Å²) < 4.78 is 53.3. The van der Waals surface area contributed by atoms with Gasteiger partial charge in [0, 0.05) is 17.3 Å². The number of carbonyl (C=O) groups excluding carboxylic acids is 2. The number of Topliss-reactive ketones (excluding diaryl/α,β-unsaturated/α-hetero) is 1. The number of alkyl halides is 3. The van der Waals surface area contributed by atoms with Gasteiger partial charge in [0.2, 0.25) is 0 Å². The van der Waals surface area contributed by atoms with Crippen molar-refractivity contribution in [2.45, 2.75) is 26.3 Å². The number of rotatable bonds is 6. The number of aryl methyl sites for hydroxylation is 2. The second-order valence-electron chi connectivity index (χ2n) is 8.63. The van der Waals surface area contributed by atoms with Gasteiger partial charge in [0.15, 0.2) is 0 Å². The molecule has 1 aliphatic rings. The van der Waals surface area contributed by atoms with Crippen LogP contribution in [0, 0.1) is 13.8 Å². The van der Waals surface area contributed by atoms with Crippen LogP contribution in [0.4, 0.5) is 18.9 Å². The third kappa shape index (κ3) is 5.02. The minimum atomic E-state index is -4.96. The molecule has 1 atom stereocenters. The summed E-state index contributed by atoms with van der Waals surface area (Å²) in [5.41, 5.74) is 1.73. The molecule has 7 nitrogen and oxygen atoms in total. The molecular formula is C28H24F3NO6. The zero-order valence-corrected chi connectivity index (χ0v) is 20.9. The van der Waals surface area contributed by atoms with E-state index in [1.807, 2.05) is 0 Å².